The number of non-ortho nitro benzene ring substituents is 1. The van der Waals surface area contributed by atoms with Gasteiger partial charge in [0.1, 0.15) is 5.57 Å². The molecule has 12 nitrogen and oxygen atoms in total. The quantitative estimate of drug-likeness (QED) is 0.159. The van der Waals surface area contributed by atoms with Gasteiger partial charge in [-0.1, -0.05) is 18.2 Å². The van der Waals surface area contributed by atoms with Gasteiger partial charge in [0, 0.05) is 17.8 Å². The summed E-state index contributed by atoms with van der Waals surface area (Å²) in [6.07, 6.45) is 1.23. The summed E-state index contributed by atoms with van der Waals surface area (Å²) >= 11 is 3.37. The zero-order valence-corrected chi connectivity index (χ0v) is 23.6. The molecule has 41 heavy (non-hydrogen) atoms. The number of hydrogen-bond donors (Lipinski definition) is 2. The average Bonchev–Trinajstić information content (AvgIpc) is 2.92. The van der Waals surface area contributed by atoms with E-state index in [2.05, 4.69) is 26.6 Å². The Kier molecular flexibility index (Phi) is 8.48. The monoisotopic (exact) mass is 622 g/mol. The first-order valence-electron chi connectivity index (χ1n) is 12.0. The lowest BCUT2D eigenvalue weighted by molar-refractivity contribution is -0.384. The second-order valence-electron chi connectivity index (χ2n) is 8.85. The van der Waals surface area contributed by atoms with Crippen molar-refractivity contribution in [2.75, 3.05) is 23.9 Å². The second-order valence-corrected chi connectivity index (χ2v) is 9.71. The fraction of sp³-hybridized carbons (Fsp3) is 0.143. The normalized spacial score (nSPS) is 14.1. The van der Waals surface area contributed by atoms with Crippen LogP contribution in [-0.2, 0) is 14.4 Å². The highest BCUT2D eigenvalue weighted by Gasteiger charge is 2.37. The highest BCUT2D eigenvalue weighted by Crippen LogP contribution is 2.37. The molecule has 5 amide bonds. The maximum Gasteiger partial charge on any atom is 0.335 e. The standard InChI is InChI=1S/C28H23BrN4O8/c1-15-6-4-9-22(16(15)2)30-24(34)14-41-25-21(29)11-17(12-23(25)40-3)10-20-26(35)31-28(37)32(27(20)36)18-7-5-8-19(13-18)33(38)39/h4-13H,14H2,1-3H3,(H,30,34)(H,31,35,37)/b20-10-. The predicted molar refractivity (Wildman–Crippen MR) is 153 cm³/mol. The summed E-state index contributed by atoms with van der Waals surface area (Å²) in [5.41, 5.74) is 2.14. The Hall–Kier alpha value is -5.04. The lowest BCUT2D eigenvalue weighted by Gasteiger charge is -2.26. The predicted octanol–water partition coefficient (Wildman–Crippen LogP) is 4.67. The number of amides is 5. The number of rotatable bonds is 8. The first kappa shape index (κ1) is 29.0. The van der Waals surface area contributed by atoms with Crippen molar-refractivity contribution in [1.29, 1.82) is 0 Å². The van der Waals surface area contributed by atoms with Gasteiger partial charge >= 0.3 is 6.03 Å². The molecular weight excluding hydrogens is 600 g/mol. The van der Waals surface area contributed by atoms with Crippen molar-refractivity contribution >= 4 is 62.8 Å². The SMILES string of the molecule is COc1cc(/C=C2/C(=O)NC(=O)N(c3cccc([N+](=O)[O-])c3)C2=O)cc(Br)c1OCC(=O)Nc1cccc(C)c1C. The van der Waals surface area contributed by atoms with Gasteiger partial charge < -0.3 is 14.8 Å². The van der Waals surface area contributed by atoms with Gasteiger partial charge in [-0.05, 0) is 76.8 Å². The van der Waals surface area contributed by atoms with E-state index in [4.69, 9.17) is 9.47 Å². The molecule has 0 aromatic heterocycles. The molecule has 1 saturated heterocycles. The molecular formula is C28H23BrN4O8. The number of methoxy groups -OCH3 is 1. The molecule has 1 aliphatic rings. The van der Waals surface area contributed by atoms with Crippen LogP contribution in [0.4, 0.5) is 21.9 Å². The molecule has 210 valence electrons. The molecule has 2 N–H and O–H groups in total. The van der Waals surface area contributed by atoms with Gasteiger partial charge in [0.15, 0.2) is 18.1 Å². The molecule has 4 rings (SSSR count). The van der Waals surface area contributed by atoms with Gasteiger partial charge in [0.25, 0.3) is 23.4 Å². The minimum absolute atomic E-state index is 0.0817. The minimum Gasteiger partial charge on any atom is -0.493 e. The number of aryl methyl sites for hydroxylation is 1. The zero-order valence-electron chi connectivity index (χ0n) is 22.0. The maximum atomic E-state index is 13.2. The molecule has 1 aliphatic heterocycles. The number of urea groups is 1. The molecule has 0 bridgehead atoms. The Balaban J connectivity index is 1.57. The number of barbiturate groups is 1. The number of halogens is 1. The first-order valence-corrected chi connectivity index (χ1v) is 12.8. The maximum absolute atomic E-state index is 13.2. The summed E-state index contributed by atoms with van der Waals surface area (Å²) in [6, 6.07) is 12.4. The molecule has 13 heteroatoms. The minimum atomic E-state index is -1.04. The Morgan fingerprint density at radius 2 is 1.85 bits per heavy atom. The Morgan fingerprint density at radius 3 is 2.56 bits per heavy atom. The first-order chi connectivity index (χ1) is 19.5. The van der Waals surface area contributed by atoms with Crippen molar-refractivity contribution in [2.24, 2.45) is 0 Å². The third-order valence-electron chi connectivity index (χ3n) is 6.19. The van der Waals surface area contributed by atoms with Crippen LogP contribution in [0, 0.1) is 24.0 Å². The van der Waals surface area contributed by atoms with E-state index in [1.54, 1.807) is 6.07 Å². The van der Waals surface area contributed by atoms with E-state index in [-0.39, 0.29) is 29.5 Å². The fourth-order valence-electron chi connectivity index (χ4n) is 3.98. The number of nitrogens with one attached hydrogen (secondary N) is 2. The number of nitro benzene ring substituents is 1. The largest absolute Gasteiger partial charge is 0.493 e. The second kappa shape index (κ2) is 12.0. The van der Waals surface area contributed by atoms with Crippen molar-refractivity contribution in [2.45, 2.75) is 13.8 Å². The van der Waals surface area contributed by atoms with Gasteiger partial charge in [-0.25, -0.2) is 9.69 Å². The van der Waals surface area contributed by atoms with Crippen LogP contribution < -0.4 is 25.0 Å². The Labute approximate surface area is 242 Å². The fourth-order valence-corrected chi connectivity index (χ4v) is 4.55. The molecule has 1 heterocycles. The van der Waals surface area contributed by atoms with Crippen molar-refractivity contribution in [3.63, 3.8) is 0 Å². The number of ether oxygens (including phenoxy) is 2. The van der Waals surface area contributed by atoms with Gasteiger partial charge in [0.2, 0.25) is 0 Å². The molecule has 3 aromatic carbocycles. The van der Waals surface area contributed by atoms with E-state index < -0.39 is 34.2 Å². The Morgan fingerprint density at radius 1 is 1.12 bits per heavy atom. The van der Waals surface area contributed by atoms with E-state index in [0.29, 0.717) is 20.6 Å². The van der Waals surface area contributed by atoms with Crippen molar-refractivity contribution in [1.82, 2.24) is 5.32 Å². The number of benzene rings is 3. The lowest BCUT2D eigenvalue weighted by atomic mass is 10.1. The van der Waals surface area contributed by atoms with Crippen LogP contribution in [0.5, 0.6) is 11.5 Å². The van der Waals surface area contributed by atoms with E-state index in [1.165, 1.54) is 43.5 Å². The van der Waals surface area contributed by atoms with Crippen LogP contribution in [0.25, 0.3) is 6.08 Å². The number of nitrogens with zero attached hydrogens (tertiary/aromatic N) is 2. The molecule has 3 aromatic rings. The third-order valence-corrected chi connectivity index (χ3v) is 6.78. The lowest BCUT2D eigenvalue weighted by Crippen LogP contribution is -2.54. The summed E-state index contributed by atoms with van der Waals surface area (Å²) in [6.45, 7) is 3.51. The topological polar surface area (TPSA) is 157 Å². The Bertz CT molecular complexity index is 1640. The highest BCUT2D eigenvalue weighted by atomic mass is 79.9. The van der Waals surface area contributed by atoms with Crippen LogP contribution in [0.1, 0.15) is 16.7 Å². The van der Waals surface area contributed by atoms with Crippen LogP contribution in [-0.4, -0.2) is 42.4 Å². The summed E-state index contributed by atoms with van der Waals surface area (Å²) < 4.78 is 11.5. The van der Waals surface area contributed by atoms with E-state index in [0.717, 1.165) is 17.2 Å². The van der Waals surface area contributed by atoms with Crippen molar-refractivity contribution in [3.05, 3.63) is 91.4 Å². The summed E-state index contributed by atoms with van der Waals surface area (Å²) in [5, 5.41) is 16.0. The van der Waals surface area contributed by atoms with E-state index >= 15 is 0 Å². The van der Waals surface area contributed by atoms with E-state index in [1.807, 2.05) is 26.0 Å². The summed E-state index contributed by atoms with van der Waals surface area (Å²) in [5.74, 6) is -1.91. The average molecular weight is 623 g/mol. The zero-order chi connectivity index (χ0) is 29.8. The third kappa shape index (κ3) is 6.25. The van der Waals surface area contributed by atoms with Gasteiger partial charge in [-0.15, -0.1) is 0 Å². The van der Waals surface area contributed by atoms with Gasteiger partial charge in [-0.2, -0.15) is 0 Å². The number of hydrogen-bond acceptors (Lipinski definition) is 8. The van der Waals surface area contributed by atoms with Crippen LogP contribution in [0.2, 0.25) is 0 Å². The molecule has 0 spiro atoms. The number of anilines is 2. The van der Waals surface area contributed by atoms with Gasteiger partial charge in [0.05, 0.1) is 22.2 Å². The molecule has 0 unspecified atom stereocenters. The van der Waals surface area contributed by atoms with Crippen LogP contribution >= 0.6 is 15.9 Å². The smallest absolute Gasteiger partial charge is 0.335 e. The summed E-state index contributed by atoms with van der Waals surface area (Å²) in [7, 11) is 1.38. The molecule has 0 saturated carbocycles. The number of carbonyl (C=O) groups is 4. The molecule has 1 fully saturated rings. The van der Waals surface area contributed by atoms with Crippen LogP contribution in [0.3, 0.4) is 0 Å². The molecule has 0 atom stereocenters. The van der Waals surface area contributed by atoms with E-state index in [9.17, 15) is 29.3 Å². The molecule has 0 aliphatic carbocycles. The highest BCUT2D eigenvalue weighted by molar-refractivity contribution is 9.10. The number of imide groups is 2. The van der Waals surface area contributed by atoms with Crippen LogP contribution in [0.15, 0.2) is 64.6 Å². The van der Waals surface area contributed by atoms with Crippen molar-refractivity contribution in [3.8, 4) is 11.5 Å². The van der Waals surface area contributed by atoms with Crippen molar-refractivity contribution < 1.29 is 33.6 Å². The van der Waals surface area contributed by atoms with Gasteiger partial charge in [-0.3, -0.25) is 29.8 Å². The number of nitro groups is 1. The summed E-state index contributed by atoms with van der Waals surface area (Å²) in [4.78, 5) is 61.9. The number of carbonyl (C=O) groups excluding carboxylic acids is 4. The molecule has 0 radical (unpaired) electrons.